The minimum Gasteiger partial charge on any atom is -0.220 e. The van der Waals surface area contributed by atoms with Crippen molar-refractivity contribution in [1.29, 1.82) is 0 Å². The van der Waals surface area contributed by atoms with Gasteiger partial charge in [-0.15, -0.1) is 16.7 Å². The van der Waals surface area contributed by atoms with Crippen molar-refractivity contribution in [1.82, 2.24) is 15.0 Å². The molecule has 15 heavy (non-hydrogen) atoms. The van der Waals surface area contributed by atoms with Gasteiger partial charge in [0.05, 0.1) is 23.5 Å². The van der Waals surface area contributed by atoms with Gasteiger partial charge in [0.15, 0.2) is 0 Å². The third-order valence-corrected chi connectivity index (χ3v) is 2.06. The summed E-state index contributed by atoms with van der Waals surface area (Å²) < 4.78 is 27.0. The van der Waals surface area contributed by atoms with Crippen LogP contribution >= 0.6 is 11.6 Å². The van der Waals surface area contributed by atoms with E-state index in [9.17, 15) is 8.78 Å². The molecule has 0 saturated carbocycles. The fraction of sp³-hybridized carbons (Fsp3) is 0.111. The smallest absolute Gasteiger partial charge is 0.128 e. The minimum atomic E-state index is -0.659. The van der Waals surface area contributed by atoms with Gasteiger partial charge in [-0.3, -0.25) is 0 Å². The van der Waals surface area contributed by atoms with Crippen molar-refractivity contribution in [3.63, 3.8) is 0 Å². The van der Waals surface area contributed by atoms with Crippen LogP contribution in [0.15, 0.2) is 24.4 Å². The highest BCUT2D eigenvalue weighted by Gasteiger charge is 2.05. The average Bonchev–Trinajstić information content (AvgIpc) is 2.64. The fourth-order valence-corrected chi connectivity index (χ4v) is 1.28. The van der Waals surface area contributed by atoms with Gasteiger partial charge >= 0.3 is 0 Å². The molecule has 0 N–H and O–H groups in total. The van der Waals surface area contributed by atoms with E-state index >= 15 is 0 Å². The van der Waals surface area contributed by atoms with Gasteiger partial charge in [-0.25, -0.2) is 13.5 Å². The summed E-state index contributed by atoms with van der Waals surface area (Å²) in [5, 5.41) is 7.39. The number of hydrogen-bond acceptors (Lipinski definition) is 2. The summed E-state index contributed by atoms with van der Waals surface area (Å²) in [4.78, 5) is 0. The van der Waals surface area contributed by atoms with Crippen LogP contribution in [0.1, 0.15) is 5.69 Å². The second kappa shape index (κ2) is 3.94. The molecule has 0 bridgehead atoms. The predicted octanol–water partition coefficient (Wildman–Crippen LogP) is 2.28. The molecule has 1 heterocycles. The average molecular weight is 230 g/mol. The van der Waals surface area contributed by atoms with Crippen LogP contribution < -0.4 is 0 Å². The molecule has 2 aromatic rings. The molecular weight excluding hydrogens is 224 g/mol. The van der Waals surface area contributed by atoms with Crippen LogP contribution in [-0.4, -0.2) is 15.0 Å². The summed E-state index contributed by atoms with van der Waals surface area (Å²) in [6.07, 6.45) is 1.52. The summed E-state index contributed by atoms with van der Waals surface area (Å²) in [7, 11) is 0. The summed E-state index contributed by atoms with van der Waals surface area (Å²) in [5.74, 6) is -1.11. The van der Waals surface area contributed by atoms with Crippen molar-refractivity contribution in [3.8, 4) is 5.69 Å². The van der Waals surface area contributed by atoms with Gasteiger partial charge in [0.1, 0.15) is 11.6 Å². The van der Waals surface area contributed by atoms with Crippen LogP contribution in [0.3, 0.4) is 0 Å². The number of benzene rings is 1. The largest absolute Gasteiger partial charge is 0.220 e. The van der Waals surface area contributed by atoms with Gasteiger partial charge in [-0.05, 0) is 12.1 Å². The Morgan fingerprint density at radius 2 is 1.87 bits per heavy atom. The highest BCUT2D eigenvalue weighted by Crippen LogP contribution is 2.12. The molecule has 0 unspecified atom stereocenters. The summed E-state index contributed by atoms with van der Waals surface area (Å²) in [6, 6.07) is 3.12. The maximum atomic E-state index is 12.9. The highest BCUT2D eigenvalue weighted by atomic mass is 35.5. The molecule has 2 rings (SSSR count). The Hall–Kier alpha value is -1.49. The molecule has 0 fully saturated rings. The summed E-state index contributed by atoms with van der Waals surface area (Å²) in [5.41, 5.74) is 0.817. The van der Waals surface area contributed by atoms with Crippen molar-refractivity contribution >= 4 is 11.6 Å². The van der Waals surface area contributed by atoms with E-state index < -0.39 is 11.6 Å². The number of nitrogens with zero attached hydrogens (tertiary/aromatic N) is 3. The molecule has 0 amide bonds. The van der Waals surface area contributed by atoms with Crippen LogP contribution in [0.25, 0.3) is 5.69 Å². The third-order valence-electron chi connectivity index (χ3n) is 1.79. The summed E-state index contributed by atoms with van der Waals surface area (Å²) in [6.45, 7) is 0. The normalized spacial score (nSPS) is 10.6. The minimum absolute atomic E-state index is 0.206. The molecule has 0 aliphatic rings. The van der Waals surface area contributed by atoms with E-state index in [-0.39, 0.29) is 11.6 Å². The van der Waals surface area contributed by atoms with Gasteiger partial charge in [0, 0.05) is 6.07 Å². The second-order valence-corrected chi connectivity index (χ2v) is 3.18. The van der Waals surface area contributed by atoms with Crippen molar-refractivity contribution in [3.05, 3.63) is 41.7 Å². The predicted molar refractivity (Wildman–Crippen MR) is 50.8 cm³/mol. The van der Waals surface area contributed by atoms with E-state index in [0.717, 1.165) is 18.2 Å². The van der Waals surface area contributed by atoms with E-state index in [1.54, 1.807) is 0 Å². The molecule has 0 atom stereocenters. The number of aromatic nitrogens is 3. The first-order valence-corrected chi connectivity index (χ1v) is 4.66. The Morgan fingerprint density at radius 3 is 2.40 bits per heavy atom. The molecular formula is C9H6ClF2N3. The monoisotopic (exact) mass is 229 g/mol. The molecule has 0 aliphatic carbocycles. The fourth-order valence-electron chi connectivity index (χ4n) is 1.16. The quantitative estimate of drug-likeness (QED) is 0.740. The SMILES string of the molecule is Fc1cc(F)cc(-n2cc(CCl)nn2)c1. The lowest BCUT2D eigenvalue weighted by atomic mass is 10.3. The maximum Gasteiger partial charge on any atom is 0.128 e. The van der Waals surface area contributed by atoms with Crippen molar-refractivity contribution in [2.24, 2.45) is 0 Å². The lowest BCUT2D eigenvalue weighted by Gasteiger charge is -1.99. The molecule has 0 aliphatic heterocycles. The van der Waals surface area contributed by atoms with Gasteiger partial charge in [0.25, 0.3) is 0 Å². The van der Waals surface area contributed by atoms with Crippen molar-refractivity contribution in [2.75, 3.05) is 0 Å². The molecule has 1 aromatic heterocycles. The summed E-state index contributed by atoms with van der Waals surface area (Å²) >= 11 is 5.53. The number of hydrogen-bond donors (Lipinski definition) is 0. The van der Waals surface area contributed by atoms with E-state index in [2.05, 4.69) is 10.3 Å². The van der Waals surface area contributed by atoms with Gasteiger partial charge < -0.3 is 0 Å². The molecule has 1 aromatic carbocycles. The van der Waals surface area contributed by atoms with Crippen molar-refractivity contribution < 1.29 is 8.78 Å². The van der Waals surface area contributed by atoms with E-state index in [1.165, 1.54) is 10.9 Å². The van der Waals surface area contributed by atoms with Crippen LogP contribution in [0.4, 0.5) is 8.78 Å². The van der Waals surface area contributed by atoms with Crippen molar-refractivity contribution in [2.45, 2.75) is 5.88 Å². The second-order valence-electron chi connectivity index (χ2n) is 2.92. The number of halogens is 3. The molecule has 0 saturated heterocycles. The zero-order valence-electron chi connectivity index (χ0n) is 7.49. The van der Waals surface area contributed by atoms with Crippen LogP contribution in [-0.2, 0) is 5.88 Å². The Bertz CT molecular complexity index is 464. The lowest BCUT2D eigenvalue weighted by molar-refractivity contribution is 0.579. The Morgan fingerprint density at radius 1 is 1.20 bits per heavy atom. The molecule has 6 heteroatoms. The van der Waals surface area contributed by atoms with Gasteiger partial charge in [0.2, 0.25) is 0 Å². The number of rotatable bonds is 2. The lowest BCUT2D eigenvalue weighted by Crippen LogP contribution is -1.96. The Kier molecular flexibility index (Phi) is 2.64. The maximum absolute atomic E-state index is 12.9. The van der Waals surface area contributed by atoms with E-state index in [0.29, 0.717) is 5.69 Å². The Balaban J connectivity index is 2.44. The molecule has 0 spiro atoms. The van der Waals surface area contributed by atoms with Gasteiger partial charge in [-0.2, -0.15) is 0 Å². The first-order valence-electron chi connectivity index (χ1n) is 4.12. The van der Waals surface area contributed by atoms with E-state index in [4.69, 9.17) is 11.6 Å². The van der Waals surface area contributed by atoms with E-state index in [1.807, 2.05) is 0 Å². The van der Waals surface area contributed by atoms with Gasteiger partial charge in [-0.1, -0.05) is 5.21 Å². The zero-order chi connectivity index (χ0) is 10.8. The zero-order valence-corrected chi connectivity index (χ0v) is 8.25. The van der Waals surface area contributed by atoms with Crippen LogP contribution in [0.5, 0.6) is 0 Å². The highest BCUT2D eigenvalue weighted by molar-refractivity contribution is 6.16. The topological polar surface area (TPSA) is 30.7 Å². The first kappa shape index (κ1) is 10.0. The third kappa shape index (κ3) is 2.12. The van der Waals surface area contributed by atoms with Crippen LogP contribution in [0, 0.1) is 11.6 Å². The first-order chi connectivity index (χ1) is 7.19. The standard InChI is InChI=1S/C9H6ClF2N3/c10-4-8-5-15(14-13-8)9-2-6(11)1-7(12)3-9/h1-3,5H,4H2. The van der Waals surface area contributed by atoms with Crippen LogP contribution in [0.2, 0.25) is 0 Å². The Labute approximate surface area is 89.3 Å². The molecule has 78 valence electrons. The molecule has 0 radical (unpaired) electrons. The number of alkyl halides is 1. The molecule has 3 nitrogen and oxygen atoms in total.